The molecule has 0 bridgehead atoms. The van der Waals surface area contributed by atoms with Crippen molar-refractivity contribution in [1.82, 2.24) is 5.32 Å². The summed E-state index contributed by atoms with van der Waals surface area (Å²) in [5.41, 5.74) is -0.719. The number of hydrogen-bond donors (Lipinski definition) is 2. The zero-order valence-corrected chi connectivity index (χ0v) is 9.25. The van der Waals surface area contributed by atoms with E-state index in [1.807, 2.05) is 0 Å². The minimum Gasteiger partial charge on any atom is -0.478 e. The van der Waals surface area contributed by atoms with Crippen molar-refractivity contribution in [2.75, 3.05) is 0 Å². The number of nitro groups is 1. The first-order valence-electron chi connectivity index (χ1n) is 5.31. The first-order valence-corrected chi connectivity index (χ1v) is 5.31. The van der Waals surface area contributed by atoms with Crippen molar-refractivity contribution >= 4 is 17.6 Å². The van der Waals surface area contributed by atoms with Gasteiger partial charge in [0.05, 0.1) is 16.1 Å². The topological polar surface area (TPSA) is 110 Å². The number of non-ortho nitro benzene ring substituents is 1. The Morgan fingerprint density at radius 1 is 1.33 bits per heavy atom. The summed E-state index contributed by atoms with van der Waals surface area (Å²) in [6.07, 6.45) is 1.70. The van der Waals surface area contributed by atoms with Crippen LogP contribution in [0.15, 0.2) is 18.2 Å². The van der Waals surface area contributed by atoms with E-state index in [9.17, 15) is 19.7 Å². The highest BCUT2D eigenvalue weighted by atomic mass is 16.6. The third kappa shape index (κ3) is 2.45. The summed E-state index contributed by atoms with van der Waals surface area (Å²) >= 11 is 0. The predicted molar refractivity (Wildman–Crippen MR) is 60.5 cm³/mol. The molecule has 1 amide bonds. The average molecular weight is 250 g/mol. The van der Waals surface area contributed by atoms with E-state index in [0.717, 1.165) is 31.0 Å². The van der Waals surface area contributed by atoms with Crippen LogP contribution in [0.2, 0.25) is 0 Å². The molecule has 2 rings (SSSR count). The van der Waals surface area contributed by atoms with E-state index in [-0.39, 0.29) is 22.9 Å². The van der Waals surface area contributed by atoms with Crippen molar-refractivity contribution in [1.29, 1.82) is 0 Å². The minimum atomic E-state index is -1.29. The molecule has 7 nitrogen and oxygen atoms in total. The van der Waals surface area contributed by atoms with Gasteiger partial charge in [0.1, 0.15) is 0 Å². The summed E-state index contributed by atoms with van der Waals surface area (Å²) in [5, 5.41) is 22.2. The molecule has 1 aliphatic carbocycles. The SMILES string of the molecule is O=C(O)c1ccc([N+](=O)[O-])cc1C(=O)NC1CC1. The van der Waals surface area contributed by atoms with Gasteiger partial charge in [0.15, 0.2) is 0 Å². The molecule has 0 aliphatic heterocycles. The zero-order valence-electron chi connectivity index (χ0n) is 9.25. The second kappa shape index (κ2) is 4.44. The quantitative estimate of drug-likeness (QED) is 0.616. The van der Waals surface area contributed by atoms with Gasteiger partial charge in [0.2, 0.25) is 0 Å². The van der Waals surface area contributed by atoms with Crippen LogP contribution in [0.1, 0.15) is 33.6 Å². The van der Waals surface area contributed by atoms with Gasteiger partial charge in [-0.3, -0.25) is 14.9 Å². The van der Waals surface area contributed by atoms with Crippen LogP contribution in [0.3, 0.4) is 0 Å². The number of carbonyl (C=O) groups is 2. The van der Waals surface area contributed by atoms with Gasteiger partial charge in [-0.1, -0.05) is 0 Å². The maximum absolute atomic E-state index is 11.8. The Balaban J connectivity index is 2.38. The lowest BCUT2D eigenvalue weighted by Crippen LogP contribution is -2.27. The molecule has 0 atom stereocenters. The van der Waals surface area contributed by atoms with Crippen molar-refractivity contribution in [3.05, 3.63) is 39.4 Å². The van der Waals surface area contributed by atoms with Crippen LogP contribution >= 0.6 is 0 Å². The van der Waals surface area contributed by atoms with Gasteiger partial charge in [-0.25, -0.2) is 4.79 Å². The van der Waals surface area contributed by atoms with Crippen molar-refractivity contribution in [3.63, 3.8) is 0 Å². The first kappa shape index (κ1) is 12.0. The molecule has 0 radical (unpaired) electrons. The lowest BCUT2D eigenvalue weighted by atomic mass is 10.1. The molecule has 94 valence electrons. The minimum absolute atomic E-state index is 0.0541. The number of hydrogen-bond acceptors (Lipinski definition) is 4. The fourth-order valence-corrected chi connectivity index (χ4v) is 1.51. The van der Waals surface area contributed by atoms with Gasteiger partial charge in [0, 0.05) is 18.2 Å². The van der Waals surface area contributed by atoms with Crippen LogP contribution in [0.25, 0.3) is 0 Å². The van der Waals surface area contributed by atoms with E-state index in [4.69, 9.17) is 5.11 Å². The maximum atomic E-state index is 11.8. The van der Waals surface area contributed by atoms with Gasteiger partial charge in [0.25, 0.3) is 11.6 Å². The Kier molecular flexibility index (Phi) is 2.97. The molecule has 1 aromatic carbocycles. The molecular weight excluding hydrogens is 240 g/mol. The van der Waals surface area contributed by atoms with Crippen LogP contribution in [-0.2, 0) is 0 Å². The Morgan fingerprint density at radius 3 is 2.50 bits per heavy atom. The van der Waals surface area contributed by atoms with Gasteiger partial charge in [-0.15, -0.1) is 0 Å². The van der Waals surface area contributed by atoms with Gasteiger partial charge in [-0.05, 0) is 18.9 Å². The van der Waals surface area contributed by atoms with E-state index in [0.29, 0.717) is 0 Å². The van der Waals surface area contributed by atoms with Crippen molar-refractivity contribution < 1.29 is 19.6 Å². The molecule has 1 aromatic rings. The first-order chi connectivity index (χ1) is 8.49. The summed E-state index contributed by atoms with van der Waals surface area (Å²) < 4.78 is 0. The van der Waals surface area contributed by atoms with Crippen LogP contribution in [0.4, 0.5) is 5.69 Å². The Labute approximate surface area is 102 Å². The number of rotatable bonds is 4. The van der Waals surface area contributed by atoms with Crippen molar-refractivity contribution in [2.24, 2.45) is 0 Å². The summed E-state index contributed by atoms with van der Waals surface area (Å²) in [6, 6.07) is 3.18. The molecule has 0 saturated heterocycles. The van der Waals surface area contributed by atoms with E-state index in [2.05, 4.69) is 5.32 Å². The standard InChI is InChI=1S/C11H10N2O5/c14-10(12-6-1-2-6)9-5-7(13(17)18)3-4-8(9)11(15)16/h3-6H,1-2H2,(H,12,14)(H,15,16). The number of nitrogens with zero attached hydrogens (tertiary/aromatic N) is 1. The molecule has 0 spiro atoms. The lowest BCUT2D eigenvalue weighted by molar-refractivity contribution is -0.384. The largest absolute Gasteiger partial charge is 0.478 e. The zero-order chi connectivity index (χ0) is 13.3. The number of benzene rings is 1. The maximum Gasteiger partial charge on any atom is 0.336 e. The van der Waals surface area contributed by atoms with Gasteiger partial charge in [-0.2, -0.15) is 0 Å². The van der Waals surface area contributed by atoms with Crippen LogP contribution in [0.5, 0.6) is 0 Å². The Hall–Kier alpha value is -2.44. The fourth-order valence-electron chi connectivity index (χ4n) is 1.51. The number of nitro benzene ring substituents is 1. The molecule has 0 heterocycles. The van der Waals surface area contributed by atoms with Gasteiger partial charge >= 0.3 is 5.97 Å². The molecule has 0 aromatic heterocycles. The third-order valence-corrected chi connectivity index (χ3v) is 2.60. The van der Waals surface area contributed by atoms with Crippen LogP contribution < -0.4 is 5.32 Å². The molecule has 7 heteroatoms. The number of carboxylic acids is 1. The third-order valence-electron chi connectivity index (χ3n) is 2.60. The monoisotopic (exact) mass is 250 g/mol. The number of amides is 1. The highest BCUT2D eigenvalue weighted by molar-refractivity contribution is 6.05. The second-order valence-electron chi connectivity index (χ2n) is 4.04. The fraction of sp³-hybridized carbons (Fsp3) is 0.273. The molecule has 18 heavy (non-hydrogen) atoms. The molecule has 1 aliphatic rings. The molecular formula is C11H10N2O5. The summed E-state index contributed by atoms with van der Waals surface area (Å²) in [4.78, 5) is 32.7. The van der Waals surface area contributed by atoms with E-state index < -0.39 is 16.8 Å². The molecule has 0 unspecified atom stereocenters. The van der Waals surface area contributed by atoms with Crippen molar-refractivity contribution in [3.8, 4) is 0 Å². The Morgan fingerprint density at radius 2 is 2.00 bits per heavy atom. The summed E-state index contributed by atoms with van der Waals surface area (Å²) in [6.45, 7) is 0. The number of carboxylic acid groups (broad SMARTS) is 1. The van der Waals surface area contributed by atoms with Gasteiger partial charge < -0.3 is 10.4 Å². The molecule has 2 N–H and O–H groups in total. The van der Waals surface area contributed by atoms with Crippen molar-refractivity contribution in [2.45, 2.75) is 18.9 Å². The highest BCUT2D eigenvalue weighted by Crippen LogP contribution is 2.22. The lowest BCUT2D eigenvalue weighted by Gasteiger charge is -2.06. The number of nitrogens with one attached hydrogen (secondary N) is 1. The normalized spacial score (nSPS) is 14.0. The predicted octanol–water partition coefficient (Wildman–Crippen LogP) is 1.19. The number of aromatic carboxylic acids is 1. The number of carbonyl (C=O) groups excluding carboxylic acids is 1. The average Bonchev–Trinajstić information content (AvgIpc) is 3.11. The summed E-state index contributed by atoms with van der Waals surface area (Å²) in [5.74, 6) is -1.87. The van der Waals surface area contributed by atoms with E-state index in [1.54, 1.807) is 0 Å². The van der Waals surface area contributed by atoms with E-state index >= 15 is 0 Å². The second-order valence-corrected chi connectivity index (χ2v) is 4.04. The van der Waals surface area contributed by atoms with E-state index in [1.165, 1.54) is 0 Å². The smallest absolute Gasteiger partial charge is 0.336 e. The highest BCUT2D eigenvalue weighted by Gasteiger charge is 2.27. The van der Waals surface area contributed by atoms with Crippen LogP contribution in [-0.4, -0.2) is 27.9 Å². The van der Waals surface area contributed by atoms with Crippen LogP contribution in [0, 0.1) is 10.1 Å². The molecule has 1 fully saturated rings. The molecule has 1 saturated carbocycles. The Bertz CT molecular complexity index is 536. The summed E-state index contributed by atoms with van der Waals surface area (Å²) in [7, 11) is 0.